The molecule has 3 N–H and O–H groups in total. The molecule has 1 amide bonds. The van der Waals surface area contributed by atoms with Crippen LogP contribution in [0.15, 0.2) is 39.7 Å². The second-order valence-electron chi connectivity index (χ2n) is 5.56. The van der Waals surface area contributed by atoms with E-state index in [1.807, 2.05) is 6.92 Å². The van der Waals surface area contributed by atoms with E-state index in [9.17, 15) is 9.59 Å². The van der Waals surface area contributed by atoms with Gasteiger partial charge in [0.2, 0.25) is 0 Å². The summed E-state index contributed by atoms with van der Waals surface area (Å²) in [7, 11) is 0. The van der Waals surface area contributed by atoms with E-state index in [1.165, 1.54) is 12.3 Å². The summed E-state index contributed by atoms with van der Waals surface area (Å²) in [6, 6.07) is 6.96. The molecule has 124 valence electrons. The minimum atomic E-state index is -0.414. The summed E-state index contributed by atoms with van der Waals surface area (Å²) in [5.74, 6) is 0.224. The van der Waals surface area contributed by atoms with Gasteiger partial charge in [-0.3, -0.25) is 9.59 Å². The van der Waals surface area contributed by atoms with Gasteiger partial charge < -0.3 is 20.0 Å². The molecule has 0 bridgehead atoms. The molecule has 1 saturated heterocycles. The first kappa shape index (κ1) is 17.3. The van der Waals surface area contributed by atoms with Crippen LogP contribution in [0.5, 0.6) is 0 Å². The van der Waals surface area contributed by atoms with E-state index in [4.69, 9.17) is 4.42 Å². The third-order valence-corrected chi connectivity index (χ3v) is 4.02. The predicted molar refractivity (Wildman–Crippen MR) is 90.0 cm³/mol. The summed E-state index contributed by atoms with van der Waals surface area (Å²) in [6.07, 6.45) is 3.47. The maximum Gasteiger partial charge on any atom is 0.261 e. The molecule has 3 heterocycles. The molecule has 6 nitrogen and oxygen atoms in total. The van der Waals surface area contributed by atoms with Crippen LogP contribution in [0.4, 0.5) is 0 Å². The standard InChI is InChI=1S/C16H19N3O3.ClH/c1-10-12(4-2-8-17-10)18-15(20)11-6-7-13(19-16(11)21)14-5-3-9-22-14;/h3,5-7,9-10,12,17H,2,4,8H2,1H3,(H,18,20)(H,19,21);1H. The highest BCUT2D eigenvalue weighted by Crippen LogP contribution is 2.16. The van der Waals surface area contributed by atoms with Gasteiger partial charge in [-0.25, -0.2) is 0 Å². The Morgan fingerprint density at radius 3 is 2.83 bits per heavy atom. The fourth-order valence-electron chi connectivity index (χ4n) is 2.72. The molecule has 2 aromatic heterocycles. The molecule has 1 aliphatic heterocycles. The number of halogens is 1. The monoisotopic (exact) mass is 337 g/mol. The van der Waals surface area contributed by atoms with E-state index >= 15 is 0 Å². The van der Waals surface area contributed by atoms with Gasteiger partial charge in [-0.05, 0) is 50.6 Å². The van der Waals surface area contributed by atoms with Gasteiger partial charge in [-0.15, -0.1) is 12.4 Å². The van der Waals surface area contributed by atoms with Gasteiger partial charge in [0, 0.05) is 12.1 Å². The Kier molecular flexibility index (Phi) is 5.63. The van der Waals surface area contributed by atoms with Crippen LogP contribution >= 0.6 is 12.4 Å². The molecule has 0 spiro atoms. The second-order valence-corrected chi connectivity index (χ2v) is 5.56. The maximum absolute atomic E-state index is 12.3. The average Bonchev–Trinajstić information content (AvgIpc) is 3.03. The molecule has 0 aliphatic carbocycles. The van der Waals surface area contributed by atoms with E-state index < -0.39 is 5.56 Å². The zero-order valence-electron chi connectivity index (χ0n) is 12.8. The summed E-state index contributed by atoms with van der Waals surface area (Å²) < 4.78 is 5.23. The van der Waals surface area contributed by atoms with Gasteiger partial charge in [0.1, 0.15) is 11.3 Å². The summed E-state index contributed by atoms with van der Waals surface area (Å²) in [5.41, 5.74) is 0.259. The molecule has 2 aromatic rings. The first-order valence-corrected chi connectivity index (χ1v) is 7.46. The molecule has 7 heteroatoms. The summed E-state index contributed by atoms with van der Waals surface area (Å²) >= 11 is 0. The molecule has 1 aliphatic rings. The fourth-order valence-corrected chi connectivity index (χ4v) is 2.72. The molecule has 0 radical (unpaired) electrons. The second kappa shape index (κ2) is 7.48. The number of aromatic nitrogens is 1. The molecular weight excluding hydrogens is 318 g/mol. The minimum absolute atomic E-state index is 0. The smallest absolute Gasteiger partial charge is 0.261 e. The van der Waals surface area contributed by atoms with Crippen LogP contribution in [-0.2, 0) is 0 Å². The van der Waals surface area contributed by atoms with Crippen molar-refractivity contribution in [3.63, 3.8) is 0 Å². The number of hydrogen-bond donors (Lipinski definition) is 3. The zero-order chi connectivity index (χ0) is 15.5. The minimum Gasteiger partial charge on any atom is -0.463 e. The molecule has 0 saturated carbocycles. The van der Waals surface area contributed by atoms with Crippen molar-refractivity contribution in [2.24, 2.45) is 0 Å². The third-order valence-electron chi connectivity index (χ3n) is 4.02. The van der Waals surface area contributed by atoms with E-state index in [0.717, 1.165) is 19.4 Å². The van der Waals surface area contributed by atoms with Gasteiger partial charge >= 0.3 is 0 Å². The number of carbonyl (C=O) groups is 1. The van der Waals surface area contributed by atoms with E-state index in [0.29, 0.717) is 11.5 Å². The van der Waals surface area contributed by atoms with E-state index in [1.54, 1.807) is 18.2 Å². The number of H-pyrrole nitrogens is 1. The molecule has 3 rings (SSSR count). The number of carbonyl (C=O) groups excluding carboxylic acids is 1. The van der Waals surface area contributed by atoms with Crippen LogP contribution in [0.1, 0.15) is 30.1 Å². The fraction of sp³-hybridized carbons (Fsp3) is 0.375. The number of amides is 1. The van der Waals surface area contributed by atoms with Crippen molar-refractivity contribution in [2.45, 2.75) is 31.8 Å². The quantitative estimate of drug-likeness (QED) is 0.798. The van der Waals surface area contributed by atoms with Crippen LogP contribution in [0, 0.1) is 0 Å². The number of aromatic amines is 1. The number of hydrogen-bond acceptors (Lipinski definition) is 4. The predicted octanol–water partition coefficient (Wildman–Crippen LogP) is 1.93. The first-order valence-electron chi connectivity index (χ1n) is 7.46. The summed E-state index contributed by atoms with van der Waals surface area (Å²) in [6.45, 7) is 3.00. The van der Waals surface area contributed by atoms with Crippen LogP contribution < -0.4 is 16.2 Å². The molecular formula is C16H20ClN3O3. The molecule has 23 heavy (non-hydrogen) atoms. The maximum atomic E-state index is 12.3. The van der Waals surface area contributed by atoms with Crippen molar-refractivity contribution in [3.05, 3.63) is 46.4 Å². The Balaban J connectivity index is 0.00000192. The van der Waals surface area contributed by atoms with E-state index in [2.05, 4.69) is 15.6 Å². The van der Waals surface area contributed by atoms with Gasteiger partial charge in [0.05, 0.1) is 12.0 Å². The summed E-state index contributed by atoms with van der Waals surface area (Å²) in [5, 5.41) is 6.25. The first-order chi connectivity index (χ1) is 10.6. The molecule has 0 aromatic carbocycles. The van der Waals surface area contributed by atoms with Gasteiger partial charge in [0.25, 0.3) is 11.5 Å². The lowest BCUT2D eigenvalue weighted by Gasteiger charge is -2.30. The van der Waals surface area contributed by atoms with Gasteiger partial charge in [-0.1, -0.05) is 0 Å². The topological polar surface area (TPSA) is 87.1 Å². The SMILES string of the molecule is CC1NCCCC1NC(=O)c1ccc(-c2ccco2)[nH]c1=O.Cl. The van der Waals surface area contributed by atoms with Gasteiger partial charge in [0.15, 0.2) is 0 Å². The number of piperidine rings is 1. The third kappa shape index (κ3) is 3.83. The lowest BCUT2D eigenvalue weighted by Crippen LogP contribution is -2.52. The van der Waals surface area contributed by atoms with Crippen LogP contribution in [0.25, 0.3) is 11.5 Å². The molecule has 1 fully saturated rings. The largest absolute Gasteiger partial charge is 0.463 e. The Morgan fingerprint density at radius 1 is 1.35 bits per heavy atom. The van der Waals surface area contributed by atoms with Crippen LogP contribution in [0.2, 0.25) is 0 Å². The Morgan fingerprint density at radius 2 is 2.17 bits per heavy atom. The zero-order valence-corrected chi connectivity index (χ0v) is 13.6. The molecule has 2 unspecified atom stereocenters. The lowest BCUT2D eigenvalue weighted by atomic mass is 9.99. The Bertz CT molecular complexity index is 712. The number of nitrogens with one attached hydrogen (secondary N) is 3. The van der Waals surface area contributed by atoms with Crippen LogP contribution in [0.3, 0.4) is 0 Å². The van der Waals surface area contributed by atoms with Crippen molar-refractivity contribution < 1.29 is 9.21 Å². The lowest BCUT2D eigenvalue weighted by molar-refractivity contribution is 0.0918. The molecule has 2 atom stereocenters. The van der Waals surface area contributed by atoms with Crippen molar-refractivity contribution in [2.75, 3.05) is 6.54 Å². The number of rotatable bonds is 3. The van der Waals surface area contributed by atoms with Crippen molar-refractivity contribution >= 4 is 18.3 Å². The normalized spacial score (nSPS) is 20.6. The highest BCUT2D eigenvalue weighted by Gasteiger charge is 2.23. The summed E-state index contributed by atoms with van der Waals surface area (Å²) in [4.78, 5) is 27.1. The number of furan rings is 1. The van der Waals surface area contributed by atoms with E-state index in [-0.39, 0.29) is 36.0 Å². The average molecular weight is 338 g/mol. The van der Waals surface area contributed by atoms with Crippen molar-refractivity contribution in [1.29, 1.82) is 0 Å². The van der Waals surface area contributed by atoms with Gasteiger partial charge in [-0.2, -0.15) is 0 Å². The highest BCUT2D eigenvalue weighted by atomic mass is 35.5. The van der Waals surface area contributed by atoms with Crippen molar-refractivity contribution in [3.8, 4) is 11.5 Å². The highest BCUT2D eigenvalue weighted by molar-refractivity contribution is 5.94. The Hall–Kier alpha value is -2.05. The Labute approximate surface area is 140 Å². The number of pyridine rings is 1. The van der Waals surface area contributed by atoms with Crippen LogP contribution in [-0.4, -0.2) is 29.5 Å². The van der Waals surface area contributed by atoms with Crippen molar-refractivity contribution in [1.82, 2.24) is 15.6 Å².